The molecule has 0 N–H and O–H groups in total. The van der Waals surface area contributed by atoms with Crippen LogP contribution in [0.5, 0.6) is 0 Å². The summed E-state index contributed by atoms with van der Waals surface area (Å²) in [5.74, 6) is -0.407. The van der Waals surface area contributed by atoms with E-state index in [1.165, 1.54) is 11.3 Å². The Morgan fingerprint density at radius 1 is 1.37 bits per heavy atom. The molecule has 2 rings (SSSR count). The van der Waals surface area contributed by atoms with Crippen LogP contribution >= 0.6 is 11.3 Å². The zero-order chi connectivity index (χ0) is 14.3. The molecule has 104 valence electrons. The molecular weight excluding hydrogens is 265 g/mol. The molecule has 5 nitrogen and oxygen atoms in total. The minimum absolute atomic E-state index is 0.326. The second kappa shape index (κ2) is 4.88. The Morgan fingerprint density at radius 2 is 1.95 bits per heavy atom. The highest BCUT2D eigenvalue weighted by Crippen LogP contribution is 2.36. The van der Waals surface area contributed by atoms with E-state index in [9.17, 15) is 4.79 Å². The molecular formula is C12H18BNO4S. The first kappa shape index (κ1) is 14.5. The van der Waals surface area contributed by atoms with E-state index < -0.39 is 24.3 Å². The van der Waals surface area contributed by atoms with Gasteiger partial charge in [0.15, 0.2) is 0 Å². The van der Waals surface area contributed by atoms with E-state index in [1.807, 2.05) is 27.7 Å². The molecule has 0 bridgehead atoms. The number of rotatable bonds is 3. The first-order valence-electron chi connectivity index (χ1n) is 6.25. The predicted octanol–water partition coefficient (Wildman–Crippen LogP) is 1.62. The normalized spacial score (nSPS) is 20.6. The van der Waals surface area contributed by atoms with Crippen molar-refractivity contribution in [1.29, 1.82) is 0 Å². The summed E-state index contributed by atoms with van der Waals surface area (Å²) in [4.78, 5) is 15.8. The molecule has 7 heteroatoms. The lowest BCUT2D eigenvalue weighted by Crippen LogP contribution is -2.41. The molecule has 19 heavy (non-hydrogen) atoms. The predicted molar refractivity (Wildman–Crippen MR) is 73.8 cm³/mol. The summed E-state index contributed by atoms with van der Waals surface area (Å²) < 4.78 is 16.7. The molecule has 0 atom stereocenters. The summed E-state index contributed by atoms with van der Waals surface area (Å²) in [5.41, 5.74) is -0.205. The molecule has 1 aliphatic rings. The second-order valence-corrected chi connectivity index (χ2v) is 6.24. The van der Waals surface area contributed by atoms with Crippen molar-refractivity contribution < 1.29 is 18.8 Å². The Kier molecular flexibility index (Phi) is 3.73. The first-order chi connectivity index (χ1) is 8.77. The van der Waals surface area contributed by atoms with Crippen LogP contribution in [-0.2, 0) is 14.0 Å². The molecule has 0 amide bonds. The summed E-state index contributed by atoms with van der Waals surface area (Å²) in [5, 5.41) is 2.10. The minimum Gasteiger partial charge on any atom is -0.461 e. The van der Waals surface area contributed by atoms with Gasteiger partial charge in [0, 0.05) is 5.38 Å². The Labute approximate surface area is 117 Å². The Balaban J connectivity index is 2.15. The number of esters is 1. The number of hydrogen-bond acceptors (Lipinski definition) is 6. The maximum Gasteiger partial charge on any atom is 0.515 e. The van der Waals surface area contributed by atoms with Gasteiger partial charge in [-0.1, -0.05) is 0 Å². The molecule has 0 aromatic carbocycles. The third kappa shape index (κ3) is 2.68. The van der Waals surface area contributed by atoms with Gasteiger partial charge in [-0.2, -0.15) is 0 Å². The smallest absolute Gasteiger partial charge is 0.461 e. The minimum atomic E-state index is -0.538. The number of carbonyl (C=O) groups is 1. The maximum absolute atomic E-state index is 11.6. The van der Waals surface area contributed by atoms with Crippen LogP contribution in [0.3, 0.4) is 0 Å². The van der Waals surface area contributed by atoms with Gasteiger partial charge in [-0.05, 0) is 34.6 Å². The van der Waals surface area contributed by atoms with Crippen LogP contribution < -0.4 is 5.59 Å². The zero-order valence-electron chi connectivity index (χ0n) is 11.9. The van der Waals surface area contributed by atoms with Gasteiger partial charge in [-0.25, -0.2) is 9.78 Å². The summed E-state index contributed by atoms with van der Waals surface area (Å²) in [6, 6.07) is 0. The van der Waals surface area contributed by atoms with E-state index in [1.54, 1.807) is 12.3 Å². The second-order valence-electron chi connectivity index (χ2n) is 5.39. The number of ether oxygens (including phenoxy) is 1. The average Bonchev–Trinajstić information content (AvgIpc) is 2.83. The molecule has 1 aromatic heterocycles. The van der Waals surface area contributed by atoms with Crippen LogP contribution in [0.1, 0.15) is 44.4 Å². The third-order valence-corrected chi connectivity index (χ3v) is 4.31. The third-order valence-electron chi connectivity index (χ3n) is 3.47. The molecule has 1 fully saturated rings. The Hall–Kier alpha value is -0.915. The topological polar surface area (TPSA) is 57.7 Å². The number of aromatic nitrogens is 1. The first-order valence-corrected chi connectivity index (χ1v) is 7.13. The van der Waals surface area contributed by atoms with Gasteiger partial charge < -0.3 is 14.0 Å². The van der Waals surface area contributed by atoms with Gasteiger partial charge in [0.25, 0.3) is 0 Å². The molecule has 0 unspecified atom stereocenters. The average molecular weight is 283 g/mol. The monoisotopic (exact) mass is 283 g/mol. The Morgan fingerprint density at radius 3 is 2.47 bits per heavy atom. The fraction of sp³-hybridized carbons (Fsp3) is 0.667. The molecule has 0 radical (unpaired) electrons. The van der Waals surface area contributed by atoms with E-state index in [4.69, 9.17) is 14.0 Å². The van der Waals surface area contributed by atoms with Crippen LogP contribution in [-0.4, -0.2) is 35.9 Å². The van der Waals surface area contributed by atoms with Crippen molar-refractivity contribution in [3.05, 3.63) is 10.4 Å². The van der Waals surface area contributed by atoms with Crippen molar-refractivity contribution in [1.82, 2.24) is 4.98 Å². The van der Waals surface area contributed by atoms with Gasteiger partial charge in [0.05, 0.1) is 23.4 Å². The van der Waals surface area contributed by atoms with Gasteiger partial charge in [-0.3, -0.25) is 0 Å². The van der Waals surface area contributed by atoms with Gasteiger partial charge in [0.1, 0.15) is 0 Å². The van der Waals surface area contributed by atoms with Gasteiger partial charge in [-0.15, -0.1) is 11.3 Å². The Bertz CT molecular complexity index is 470. The maximum atomic E-state index is 11.6. The van der Waals surface area contributed by atoms with Crippen LogP contribution in [0.4, 0.5) is 0 Å². The SMILES string of the molecule is CCOC(=O)c1nc(B2OC(C)(C)C(C)(C)O2)cs1. The largest absolute Gasteiger partial charge is 0.515 e. The van der Waals surface area contributed by atoms with Crippen molar-refractivity contribution >= 4 is 30.0 Å². The van der Waals surface area contributed by atoms with Crippen LogP contribution in [0, 0.1) is 0 Å². The lowest BCUT2D eigenvalue weighted by atomic mass is 9.86. The zero-order valence-corrected chi connectivity index (χ0v) is 12.7. The van der Waals surface area contributed by atoms with Crippen molar-refractivity contribution in [2.24, 2.45) is 0 Å². The molecule has 0 aliphatic carbocycles. The highest BCUT2D eigenvalue weighted by molar-refractivity contribution is 7.12. The lowest BCUT2D eigenvalue weighted by Gasteiger charge is -2.32. The van der Waals surface area contributed by atoms with Gasteiger partial charge in [0.2, 0.25) is 5.01 Å². The molecule has 1 saturated heterocycles. The van der Waals surface area contributed by atoms with Crippen LogP contribution in [0.15, 0.2) is 5.38 Å². The van der Waals surface area contributed by atoms with E-state index in [0.717, 1.165) is 0 Å². The van der Waals surface area contributed by atoms with Crippen molar-refractivity contribution in [2.45, 2.75) is 45.8 Å². The lowest BCUT2D eigenvalue weighted by molar-refractivity contribution is 0.00578. The van der Waals surface area contributed by atoms with E-state index in [2.05, 4.69) is 4.98 Å². The summed E-state index contributed by atoms with van der Waals surface area (Å²) >= 11 is 1.24. The number of nitrogens with zero attached hydrogens (tertiary/aromatic N) is 1. The fourth-order valence-electron chi connectivity index (χ4n) is 1.64. The van der Waals surface area contributed by atoms with Crippen LogP contribution in [0.2, 0.25) is 0 Å². The molecule has 0 saturated carbocycles. The quantitative estimate of drug-likeness (QED) is 0.623. The molecule has 2 heterocycles. The van der Waals surface area contributed by atoms with E-state index >= 15 is 0 Å². The highest BCUT2D eigenvalue weighted by atomic mass is 32.1. The van der Waals surface area contributed by atoms with Crippen molar-refractivity contribution in [3.63, 3.8) is 0 Å². The molecule has 1 aromatic rings. The summed E-state index contributed by atoms with van der Waals surface area (Å²) in [6.07, 6.45) is 0. The molecule has 0 spiro atoms. The summed E-state index contributed by atoms with van der Waals surface area (Å²) in [7, 11) is -0.538. The van der Waals surface area contributed by atoms with Crippen molar-refractivity contribution in [2.75, 3.05) is 6.61 Å². The van der Waals surface area contributed by atoms with Crippen molar-refractivity contribution in [3.8, 4) is 0 Å². The van der Waals surface area contributed by atoms with E-state index in [-0.39, 0.29) is 0 Å². The number of thiazole rings is 1. The van der Waals surface area contributed by atoms with Gasteiger partial charge >= 0.3 is 13.1 Å². The summed E-state index contributed by atoms with van der Waals surface area (Å²) in [6.45, 7) is 10.0. The number of carbonyl (C=O) groups excluding carboxylic acids is 1. The standard InChI is InChI=1S/C12H18BNO4S/c1-6-16-10(15)9-14-8(7-19-9)13-17-11(2,3)12(4,5)18-13/h7H,6H2,1-5H3. The highest BCUT2D eigenvalue weighted by Gasteiger charge is 2.52. The van der Waals surface area contributed by atoms with Crippen LogP contribution in [0.25, 0.3) is 0 Å². The molecule has 1 aliphatic heterocycles. The van der Waals surface area contributed by atoms with E-state index in [0.29, 0.717) is 17.2 Å². The number of hydrogen-bond donors (Lipinski definition) is 0. The fourth-order valence-corrected chi connectivity index (χ4v) is 2.35.